The van der Waals surface area contributed by atoms with Crippen LogP contribution in [0.5, 0.6) is 0 Å². The summed E-state index contributed by atoms with van der Waals surface area (Å²) in [6.07, 6.45) is 0. The van der Waals surface area contributed by atoms with Crippen molar-refractivity contribution in [1.82, 2.24) is 0 Å². The third-order valence-corrected chi connectivity index (χ3v) is 3.73. The molecule has 0 aliphatic heterocycles. The van der Waals surface area contributed by atoms with Gasteiger partial charge in [-0.05, 0) is 36.5 Å². The lowest BCUT2D eigenvalue weighted by Crippen LogP contribution is -2.06. The van der Waals surface area contributed by atoms with Gasteiger partial charge in [0.2, 0.25) is 0 Å². The minimum atomic E-state index is 0.108. The van der Waals surface area contributed by atoms with Crippen LogP contribution in [0.3, 0.4) is 0 Å². The number of hydrogen-bond acceptors (Lipinski definition) is 1. The molecule has 2 aromatic carbocycles. The summed E-state index contributed by atoms with van der Waals surface area (Å²) >= 11 is 0. The number of hydrogen-bond donors (Lipinski definition) is 0. The Bertz CT molecular complexity index is 595. The van der Waals surface area contributed by atoms with Gasteiger partial charge in [0, 0.05) is 11.1 Å². The minimum Gasteiger partial charge on any atom is -0.289 e. The normalized spacial score (nSPS) is 10.8. The number of ketones is 1. The Morgan fingerprint density at radius 3 is 2.11 bits per heavy atom. The summed E-state index contributed by atoms with van der Waals surface area (Å²) in [6, 6.07) is 13.5. The van der Waals surface area contributed by atoms with E-state index < -0.39 is 0 Å². The van der Waals surface area contributed by atoms with Gasteiger partial charge in [-0.2, -0.15) is 0 Å². The molecule has 0 heterocycles. The first-order valence-corrected chi connectivity index (χ1v) is 6.72. The predicted molar refractivity (Wildman–Crippen MR) is 79.9 cm³/mol. The van der Waals surface area contributed by atoms with Crippen LogP contribution in [0.1, 0.15) is 52.4 Å². The zero-order valence-corrected chi connectivity index (χ0v) is 12.0. The van der Waals surface area contributed by atoms with Gasteiger partial charge in [0.05, 0.1) is 0 Å². The molecule has 0 saturated heterocycles. The van der Waals surface area contributed by atoms with Crippen LogP contribution >= 0.6 is 0 Å². The van der Waals surface area contributed by atoms with Crippen LogP contribution in [-0.2, 0) is 0 Å². The van der Waals surface area contributed by atoms with Crippen molar-refractivity contribution in [2.45, 2.75) is 33.6 Å². The van der Waals surface area contributed by atoms with E-state index in [-0.39, 0.29) is 5.78 Å². The van der Waals surface area contributed by atoms with Gasteiger partial charge in [0.15, 0.2) is 5.78 Å². The van der Waals surface area contributed by atoms with E-state index in [1.165, 1.54) is 11.1 Å². The molecule has 2 aromatic rings. The van der Waals surface area contributed by atoms with Crippen LogP contribution < -0.4 is 0 Å². The summed E-state index contributed by atoms with van der Waals surface area (Å²) in [6.45, 7) is 8.50. The van der Waals surface area contributed by atoms with E-state index in [0.717, 1.165) is 16.7 Å². The molecule has 2 rings (SSSR count). The third-order valence-electron chi connectivity index (χ3n) is 3.73. The third kappa shape index (κ3) is 2.60. The second-order valence-corrected chi connectivity index (χ2v) is 5.30. The smallest absolute Gasteiger partial charge is 0.193 e. The predicted octanol–water partition coefficient (Wildman–Crippen LogP) is 4.66. The standard InChI is InChI=1S/C18H20O/c1-12(2)16-10-11-17(14(4)13(16)3)18(19)15-8-6-5-7-9-15/h5-12H,1-4H3. The first-order chi connectivity index (χ1) is 9.02. The second kappa shape index (κ2) is 5.40. The minimum absolute atomic E-state index is 0.108. The zero-order chi connectivity index (χ0) is 14.0. The van der Waals surface area contributed by atoms with E-state index in [2.05, 4.69) is 26.8 Å². The molecular weight excluding hydrogens is 232 g/mol. The maximum absolute atomic E-state index is 12.5. The van der Waals surface area contributed by atoms with Crippen molar-refractivity contribution in [3.63, 3.8) is 0 Å². The molecule has 1 heteroatoms. The van der Waals surface area contributed by atoms with Gasteiger partial charge in [-0.25, -0.2) is 0 Å². The first-order valence-electron chi connectivity index (χ1n) is 6.72. The number of benzene rings is 2. The fourth-order valence-electron chi connectivity index (χ4n) is 2.46. The van der Waals surface area contributed by atoms with Crippen molar-refractivity contribution in [1.29, 1.82) is 0 Å². The molecule has 0 aromatic heterocycles. The lowest BCUT2D eigenvalue weighted by molar-refractivity contribution is 0.103. The Morgan fingerprint density at radius 1 is 0.895 bits per heavy atom. The van der Waals surface area contributed by atoms with Crippen molar-refractivity contribution in [3.05, 3.63) is 70.3 Å². The number of carbonyl (C=O) groups is 1. The van der Waals surface area contributed by atoms with Gasteiger partial charge < -0.3 is 0 Å². The van der Waals surface area contributed by atoms with Gasteiger partial charge in [0.1, 0.15) is 0 Å². The van der Waals surface area contributed by atoms with Crippen molar-refractivity contribution in [3.8, 4) is 0 Å². The van der Waals surface area contributed by atoms with Crippen LogP contribution in [0.25, 0.3) is 0 Å². The zero-order valence-electron chi connectivity index (χ0n) is 12.0. The van der Waals surface area contributed by atoms with E-state index >= 15 is 0 Å². The van der Waals surface area contributed by atoms with E-state index in [0.29, 0.717) is 5.92 Å². The van der Waals surface area contributed by atoms with E-state index in [9.17, 15) is 4.79 Å². The molecule has 0 amide bonds. The molecule has 0 atom stereocenters. The first kappa shape index (κ1) is 13.5. The number of carbonyl (C=O) groups excluding carboxylic acids is 1. The summed E-state index contributed by atoms with van der Waals surface area (Å²) in [4.78, 5) is 12.5. The lowest BCUT2D eigenvalue weighted by Gasteiger charge is -2.15. The molecule has 0 unspecified atom stereocenters. The molecule has 0 aliphatic rings. The van der Waals surface area contributed by atoms with Gasteiger partial charge >= 0.3 is 0 Å². The molecule has 0 spiro atoms. The van der Waals surface area contributed by atoms with Crippen LogP contribution in [0, 0.1) is 13.8 Å². The Morgan fingerprint density at radius 2 is 1.53 bits per heavy atom. The SMILES string of the molecule is Cc1c(C(=O)c2ccccc2)ccc(C(C)C)c1C. The average Bonchev–Trinajstić information content (AvgIpc) is 2.41. The second-order valence-electron chi connectivity index (χ2n) is 5.30. The molecule has 0 bridgehead atoms. The lowest BCUT2D eigenvalue weighted by atomic mass is 9.89. The quantitative estimate of drug-likeness (QED) is 0.726. The summed E-state index contributed by atoms with van der Waals surface area (Å²) < 4.78 is 0. The van der Waals surface area contributed by atoms with E-state index in [1.54, 1.807) is 0 Å². The number of rotatable bonds is 3. The molecular formula is C18H20O. The van der Waals surface area contributed by atoms with Crippen molar-refractivity contribution in [2.24, 2.45) is 0 Å². The summed E-state index contributed by atoms with van der Waals surface area (Å²) in [5.74, 6) is 0.594. The average molecular weight is 252 g/mol. The molecule has 1 nitrogen and oxygen atoms in total. The highest BCUT2D eigenvalue weighted by molar-refractivity contribution is 6.10. The van der Waals surface area contributed by atoms with Crippen LogP contribution in [0.15, 0.2) is 42.5 Å². The van der Waals surface area contributed by atoms with Crippen molar-refractivity contribution in [2.75, 3.05) is 0 Å². The van der Waals surface area contributed by atoms with Crippen molar-refractivity contribution >= 4 is 5.78 Å². The van der Waals surface area contributed by atoms with Gasteiger partial charge in [-0.1, -0.05) is 56.3 Å². The van der Waals surface area contributed by atoms with Gasteiger partial charge in [0.25, 0.3) is 0 Å². The molecule has 98 valence electrons. The molecule has 0 saturated carbocycles. The van der Waals surface area contributed by atoms with Crippen LogP contribution in [0.2, 0.25) is 0 Å². The Balaban J connectivity index is 2.48. The largest absolute Gasteiger partial charge is 0.289 e. The van der Waals surface area contributed by atoms with Crippen LogP contribution in [-0.4, -0.2) is 5.78 Å². The van der Waals surface area contributed by atoms with Gasteiger partial charge in [-0.15, -0.1) is 0 Å². The monoisotopic (exact) mass is 252 g/mol. The summed E-state index contributed by atoms with van der Waals surface area (Å²) in [5.41, 5.74) is 5.22. The van der Waals surface area contributed by atoms with E-state index in [4.69, 9.17) is 0 Å². The molecule has 19 heavy (non-hydrogen) atoms. The fraction of sp³-hybridized carbons (Fsp3) is 0.278. The highest BCUT2D eigenvalue weighted by Gasteiger charge is 2.15. The maximum atomic E-state index is 12.5. The molecule has 0 radical (unpaired) electrons. The Kier molecular flexibility index (Phi) is 3.84. The topological polar surface area (TPSA) is 17.1 Å². The highest BCUT2D eigenvalue weighted by atomic mass is 16.1. The highest BCUT2D eigenvalue weighted by Crippen LogP contribution is 2.25. The van der Waals surface area contributed by atoms with Crippen molar-refractivity contribution < 1.29 is 4.79 Å². The maximum Gasteiger partial charge on any atom is 0.193 e. The molecule has 0 N–H and O–H groups in total. The Labute approximate surface area is 115 Å². The van der Waals surface area contributed by atoms with Gasteiger partial charge in [-0.3, -0.25) is 4.79 Å². The Hall–Kier alpha value is -1.89. The molecule has 0 fully saturated rings. The van der Waals surface area contributed by atoms with E-state index in [1.807, 2.05) is 43.3 Å². The van der Waals surface area contributed by atoms with Crippen LogP contribution in [0.4, 0.5) is 0 Å². The molecule has 0 aliphatic carbocycles. The fourth-order valence-corrected chi connectivity index (χ4v) is 2.46. The summed E-state index contributed by atoms with van der Waals surface area (Å²) in [7, 11) is 0. The summed E-state index contributed by atoms with van der Waals surface area (Å²) in [5, 5.41) is 0.